The minimum atomic E-state index is -1.60. The fourth-order valence-corrected chi connectivity index (χ4v) is 8.81. The highest BCUT2D eigenvalue weighted by molar-refractivity contribution is 5.88. The number of aliphatic hydroxyl groups is 1. The van der Waals surface area contributed by atoms with Crippen LogP contribution in [0.25, 0.3) is 0 Å². The van der Waals surface area contributed by atoms with Gasteiger partial charge in [-0.15, -0.1) is 0 Å². The number of cyclic esters (lactones) is 1. The molecule has 6 rings (SSSR count). The van der Waals surface area contributed by atoms with Crippen LogP contribution >= 0.6 is 0 Å². The van der Waals surface area contributed by atoms with E-state index in [1.54, 1.807) is 38.5 Å². The van der Waals surface area contributed by atoms with Crippen LogP contribution in [0.5, 0.6) is 0 Å². The second-order valence-corrected chi connectivity index (χ2v) is 13.0. The van der Waals surface area contributed by atoms with Crippen molar-refractivity contribution in [2.75, 3.05) is 7.11 Å². The van der Waals surface area contributed by atoms with Crippen molar-refractivity contribution >= 4 is 17.9 Å². The van der Waals surface area contributed by atoms with Crippen molar-refractivity contribution in [1.82, 2.24) is 0 Å². The first-order valence-electron chi connectivity index (χ1n) is 14.3. The molecule has 9 nitrogen and oxygen atoms in total. The molecule has 3 aliphatic heterocycles. The molecule has 2 saturated carbocycles. The van der Waals surface area contributed by atoms with Crippen LogP contribution in [-0.4, -0.2) is 48.1 Å². The quantitative estimate of drug-likeness (QED) is 0.306. The molecule has 4 heterocycles. The average Bonchev–Trinajstić information content (AvgIpc) is 3.49. The lowest BCUT2D eigenvalue weighted by Gasteiger charge is -2.54. The predicted octanol–water partition coefficient (Wildman–Crippen LogP) is 4.72. The highest BCUT2D eigenvalue weighted by Gasteiger charge is 2.77. The number of hydrogen-bond acceptors (Lipinski definition) is 9. The van der Waals surface area contributed by atoms with Crippen LogP contribution in [0, 0.1) is 28.1 Å². The number of hydrogen-bond donors (Lipinski definition) is 1. The first-order valence-corrected chi connectivity index (χ1v) is 14.3. The van der Waals surface area contributed by atoms with Crippen molar-refractivity contribution in [3.05, 3.63) is 59.1 Å². The largest absolute Gasteiger partial charge is 0.472 e. The summed E-state index contributed by atoms with van der Waals surface area (Å²) in [5.41, 5.74) is 0.594. The lowest BCUT2D eigenvalue weighted by Crippen LogP contribution is -2.55. The molecule has 3 bridgehead atoms. The molecule has 220 valence electrons. The summed E-state index contributed by atoms with van der Waals surface area (Å²) in [7, 11) is 1.35. The van der Waals surface area contributed by atoms with E-state index in [-0.39, 0.29) is 18.8 Å². The maximum Gasteiger partial charge on any atom is 0.333 e. The van der Waals surface area contributed by atoms with Crippen molar-refractivity contribution in [2.24, 2.45) is 28.1 Å². The third kappa shape index (κ3) is 3.70. The summed E-state index contributed by atoms with van der Waals surface area (Å²) in [6.07, 6.45) is 7.75. The van der Waals surface area contributed by atoms with E-state index in [9.17, 15) is 19.5 Å². The van der Waals surface area contributed by atoms with Gasteiger partial charge in [-0.25, -0.2) is 9.59 Å². The van der Waals surface area contributed by atoms with Gasteiger partial charge in [0.05, 0.1) is 19.6 Å². The predicted molar refractivity (Wildman–Crippen MR) is 145 cm³/mol. The van der Waals surface area contributed by atoms with Crippen molar-refractivity contribution in [3.8, 4) is 0 Å². The Balaban J connectivity index is 1.54. The maximum absolute atomic E-state index is 13.1. The summed E-state index contributed by atoms with van der Waals surface area (Å²) < 4.78 is 29.1. The Labute approximate surface area is 239 Å². The number of ether oxygens (including phenoxy) is 4. The van der Waals surface area contributed by atoms with Gasteiger partial charge < -0.3 is 28.5 Å². The van der Waals surface area contributed by atoms with Gasteiger partial charge in [-0.2, -0.15) is 0 Å². The van der Waals surface area contributed by atoms with Crippen LogP contribution in [0.2, 0.25) is 0 Å². The number of methoxy groups -OCH3 is 1. The van der Waals surface area contributed by atoms with Crippen LogP contribution in [0.1, 0.15) is 72.0 Å². The van der Waals surface area contributed by atoms with Gasteiger partial charge >= 0.3 is 17.9 Å². The van der Waals surface area contributed by atoms with Crippen molar-refractivity contribution in [2.45, 2.75) is 84.4 Å². The van der Waals surface area contributed by atoms with E-state index in [1.165, 1.54) is 7.11 Å². The van der Waals surface area contributed by atoms with E-state index >= 15 is 0 Å². The molecule has 41 heavy (non-hydrogen) atoms. The molecule has 5 aliphatic rings. The molecule has 0 spiro atoms. The molecule has 1 saturated heterocycles. The van der Waals surface area contributed by atoms with Gasteiger partial charge in [0, 0.05) is 46.3 Å². The van der Waals surface area contributed by atoms with Gasteiger partial charge in [0.2, 0.25) is 0 Å². The minimum Gasteiger partial charge on any atom is -0.472 e. The smallest absolute Gasteiger partial charge is 0.333 e. The zero-order valence-corrected chi connectivity index (χ0v) is 24.4. The lowest BCUT2D eigenvalue weighted by molar-refractivity contribution is -0.307. The van der Waals surface area contributed by atoms with Crippen LogP contribution in [0.3, 0.4) is 0 Å². The van der Waals surface area contributed by atoms with Gasteiger partial charge in [-0.05, 0) is 61.8 Å². The summed E-state index contributed by atoms with van der Waals surface area (Å²) in [5, 5.41) is 12.3. The van der Waals surface area contributed by atoms with E-state index in [4.69, 9.17) is 23.4 Å². The van der Waals surface area contributed by atoms with Crippen LogP contribution in [0.4, 0.5) is 0 Å². The van der Waals surface area contributed by atoms with Crippen LogP contribution < -0.4 is 0 Å². The number of allylic oxidation sites excluding steroid dienone is 2. The summed E-state index contributed by atoms with van der Waals surface area (Å²) >= 11 is 0. The molecule has 0 radical (unpaired) electrons. The van der Waals surface area contributed by atoms with Gasteiger partial charge in [-0.1, -0.05) is 26.8 Å². The average molecular weight is 567 g/mol. The molecule has 3 fully saturated rings. The standard InChI is InChI=1S/C32H38O9/c1-7-17(2)28(35)40-27-22-12-19-20(31(5)23(14-24(33)37-6)30(27,4)16-32(31,36)41-22)8-10-29(3)21(19)13-25(34)39-26(29)18-9-11-38-15-18/h7,9,11-13,15,20,22-23,26-27,36H,8,10,14,16H2,1-6H3/b17-7+/t20-,22-,23-,26-,27+,29+,30-,31+,32-/m0/s1. The summed E-state index contributed by atoms with van der Waals surface area (Å²) in [5.74, 6) is -3.62. The topological polar surface area (TPSA) is 122 Å². The number of furan rings is 1. The first kappa shape index (κ1) is 28.0. The highest BCUT2D eigenvalue weighted by atomic mass is 16.7. The highest BCUT2D eigenvalue weighted by Crippen LogP contribution is 2.74. The Morgan fingerprint density at radius 3 is 2.66 bits per heavy atom. The van der Waals surface area contributed by atoms with E-state index < -0.39 is 64.2 Å². The molecule has 2 aliphatic carbocycles. The summed E-state index contributed by atoms with van der Waals surface area (Å²) in [4.78, 5) is 39.1. The first-order chi connectivity index (χ1) is 19.3. The number of carbonyl (C=O) groups is 3. The van der Waals surface area contributed by atoms with E-state index in [0.29, 0.717) is 18.4 Å². The molecular weight excluding hydrogens is 528 g/mol. The van der Waals surface area contributed by atoms with E-state index in [0.717, 1.165) is 16.7 Å². The lowest BCUT2D eigenvalue weighted by atomic mass is 9.51. The Kier molecular flexibility index (Phi) is 6.25. The van der Waals surface area contributed by atoms with E-state index in [2.05, 4.69) is 6.92 Å². The number of rotatable bonds is 5. The second-order valence-electron chi connectivity index (χ2n) is 13.0. The number of fused-ring (bicyclic) bond motifs is 6. The molecule has 9 atom stereocenters. The third-order valence-corrected chi connectivity index (χ3v) is 11.1. The number of esters is 3. The molecule has 9 heteroatoms. The molecule has 1 aromatic heterocycles. The zero-order chi connectivity index (χ0) is 29.5. The molecule has 0 amide bonds. The number of carbonyl (C=O) groups excluding carboxylic acids is 3. The van der Waals surface area contributed by atoms with Crippen molar-refractivity contribution < 1.29 is 42.9 Å². The fourth-order valence-electron chi connectivity index (χ4n) is 8.81. The van der Waals surface area contributed by atoms with Gasteiger partial charge in [0.1, 0.15) is 18.3 Å². The van der Waals surface area contributed by atoms with Crippen molar-refractivity contribution in [3.63, 3.8) is 0 Å². The third-order valence-electron chi connectivity index (χ3n) is 11.1. The maximum atomic E-state index is 13.1. The molecule has 0 unspecified atom stereocenters. The Morgan fingerprint density at radius 2 is 2.00 bits per heavy atom. The fraction of sp³-hybridized carbons (Fsp3) is 0.594. The summed E-state index contributed by atoms with van der Waals surface area (Å²) in [6.45, 7) is 9.49. The normalized spacial score (nSPS) is 42.8. The molecule has 0 aromatic carbocycles. The zero-order valence-electron chi connectivity index (χ0n) is 24.4. The van der Waals surface area contributed by atoms with Gasteiger partial charge in [0.25, 0.3) is 0 Å². The summed E-state index contributed by atoms with van der Waals surface area (Å²) in [6, 6.07) is 1.81. The van der Waals surface area contributed by atoms with Gasteiger partial charge in [0.15, 0.2) is 5.79 Å². The van der Waals surface area contributed by atoms with E-state index in [1.807, 2.05) is 26.0 Å². The Hall–Kier alpha value is -3.17. The van der Waals surface area contributed by atoms with Crippen molar-refractivity contribution in [1.29, 1.82) is 0 Å². The SMILES string of the molecule is C/C=C(\C)C(=O)O[C@@H]1[C@@H]2C=C3C4=CC(=O)O[C@@H](c5ccoc5)[C@]4(C)CC[C@@H]3[C@]3(C)[C@@H](CC(=O)OC)[C@]1(C)C[C@]3(O)O2. The Morgan fingerprint density at radius 1 is 1.24 bits per heavy atom. The minimum absolute atomic E-state index is 0.0261. The van der Waals surface area contributed by atoms with Crippen LogP contribution in [0.15, 0.2) is 58.0 Å². The van der Waals surface area contributed by atoms with Gasteiger partial charge in [-0.3, -0.25) is 4.79 Å². The molecular formula is C32H38O9. The second kappa shape index (κ2) is 9.16. The molecule has 1 N–H and O–H groups in total. The Bertz CT molecular complexity index is 1390. The molecule has 1 aromatic rings. The monoisotopic (exact) mass is 566 g/mol. The van der Waals surface area contributed by atoms with Crippen LogP contribution in [-0.2, 0) is 33.3 Å².